The van der Waals surface area contributed by atoms with E-state index in [1.807, 2.05) is 12.1 Å². The molecule has 5 rings (SSSR count). The first-order valence-electron chi connectivity index (χ1n) is 13.9. The van der Waals surface area contributed by atoms with Crippen molar-refractivity contribution in [2.45, 2.75) is 52.0 Å². The summed E-state index contributed by atoms with van der Waals surface area (Å²) in [6.07, 6.45) is 3.49. The Balaban J connectivity index is 1.20. The van der Waals surface area contributed by atoms with E-state index < -0.39 is 0 Å². The topological polar surface area (TPSA) is 43.9 Å². The lowest BCUT2D eigenvalue weighted by atomic mass is 9.76. The highest BCUT2D eigenvalue weighted by molar-refractivity contribution is 9.10. The molecule has 6 heteroatoms. The minimum atomic E-state index is -0.181. The molecule has 0 saturated carbocycles. The molecule has 3 aliphatic rings. The fourth-order valence-corrected chi connectivity index (χ4v) is 6.89. The number of likely N-dealkylation sites (tertiary alicyclic amines) is 3. The number of hydrogen-bond acceptors (Lipinski definition) is 3. The SMILES string of the molecule is CC(C)CC(=O)N1C[C@H](CN2CCC3(CC2)CCN(Cc2ccc(Br)cc2)C3=O)[C@@H](c2ccccc2)C1. The van der Waals surface area contributed by atoms with E-state index in [-0.39, 0.29) is 5.41 Å². The number of amides is 2. The van der Waals surface area contributed by atoms with E-state index in [1.165, 1.54) is 11.1 Å². The zero-order valence-corrected chi connectivity index (χ0v) is 23.8. The smallest absolute Gasteiger partial charge is 0.229 e. The number of nitrogens with zero attached hydrogens (tertiary/aromatic N) is 3. The largest absolute Gasteiger partial charge is 0.342 e. The number of halogens is 1. The summed E-state index contributed by atoms with van der Waals surface area (Å²) in [5, 5.41) is 0. The molecule has 1 spiro atoms. The third kappa shape index (κ3) is 5.96. The van der Waals surface area contributed by atoms with Crippen LogP contribution in [0, 0.1) is 17.3 Å². The summed E-state index contributed by atoms with van der Waals surface area (Å²) in [6, 6.07) is 19.0. The Morgan fingerprint density at radius 2 is 1.65 bits per heavy atom. The van der Waals surface area contributed by atoms with E-state index >= 15 is 0 Å². The van der Waals surface area contributed by atoms with E-state index in [9.17, 15) is 9.59 Å². The summed E-state index contributed by atoms with van der Waals surface area (Å²) in [4.78, 5) is 33.2. The van der Waals surface area contributed by atoms with Crippen LogP contribution in [0.15, 0.2) is 59.1 Å². The van der Waals surface area contributed by atoms with Gasteiger partial charge < -0.3 is 14.7 Å². The molecule has 0 N–H and O–H groups in total. The lowest BCUT2D eigenvalue weighted by Crippen LogP contribution is -2.46. The molecule has 3 aliphatic heterocycles. The highest BCUT2D eigenvalue weighted by Gasteiger charge is 2.48. The summed E-state index contributed by atoms with van der Waals surface area (Å²) in [5.41, 5.74) is 2.35. The van der Waals surface area contributed by atoms with Gasteiger partial charge >= 0.3 is 0 Å². The monoisotopic (exact) mass is 565 g/mol. The van der Waals surface area contributed by atoms with Crippen LogP contribution in [0.4, 0.5) is 0 Å². The van der Waals surface area contributed by atoms with Crippen LogP contribution in [-0.4, -0.2) is 65.8 Å². The van der Waals surface area contributed by atoms with Crippen LogP contribution in [0.25, 0.3) is 0 Å². The first-order chi connectivity index (χ1) is 17.8. The molecule has 0 radical (unpaired) electrons. The molecule has 2 aromatic carbocycles. The summed E-state index contributed by atoms with van der Waals surface area (Å²) in [5.74, 6) is 1.83. The van der Waals surface area contributed by atoms with Crippen molar-refractivity contribution in [3.8, 4) is 0 Å². The molecule has 3 saturated heterocycles. The summed E-state index contributed by atoms with van der Waals surface area (Å²) >= 11 is 3.50. The molecular formula is C31H40BrN3O2. The normalized spacial score (nSPS) is 23.9. The van der Waals surface area contributed by atoms with Crippen LogP contribution >= 0.6 is 15.9 Å². The number of rotatable bonds is 7. The van der Waals surface area contributed by atoms with E-state index in [0.29, 0.717) is 42.5 Å². The summed E-state index contributed by atoms with van der Waals surface area (Å²) < 4.78 is 1.07. The lowest BCUT2D eigenvalue weighted by molar-refractivity contribution is -0.139. The number of benzene rings is 2. The van der Waals surface area contributed by atoms with Gasteiger partial charge in [-0.3, -0.25) is 9.59 Å². The van der Waals surface area contributed by atoms with Gasteiger partial charge in [-0.1, -0.05) is 72.2 Å². The average Bonchev–Trinajstić information content (AvgIpc) is 3.44. The molecule has 3 heterocycles. The molecule has 0 aliphatic carbocycles. The third-order valence-corrected chi connectivity index (χ3v) is 9.33. The molecule has 198 valence electrons. The van der Waals surface area contributed by atoms with Crippen LogP contribution in [0.2, 0.25) is 0 Å². The lowest BCUT2D eigenvalue weighted by Gasteiger charge is -2.39. The molecule has 2 atom stereocenters. The Kier molecular flexibility index (Phi) is 8.06. The predicted octanol–water partition coefficient (Wildman–Crippen LogP) is 5.55. The average molecular weight is 567 g/mol. The van der Waals surface area contributed by atoms with E-state index in [1.54, 1.807) is 0 Å². The molecule has 37 heavy (non-hydrogen) atoms. The highest BCUT2D eigenvalue weighted by atomic mass is 79.9. The molecule has 5 nitrogen and oxygen atoms in total. The summed E-state index contributed by atoms with van der Waals surface area (Å²) in [7, 11) is 0. The molecular weight excluding hydrogens is 526 g/mol. The molecule has 0 bridgehead atoms. The highest BCUT2D eigenvalue weighted by Crippen LogP contribution is 2.43. The van der Waals surface area contributed by atoms with Crippen molar-refractivity contribution in [3.63, 3.8) is 0 Å². The van der Waals surface area contributed by atoms with Gasteiger partial charge in [0, 0.05) is 49.5 Å². The Morgan fingerprint density at radius 1 is 0.973 bits per heavy atom. The van der Waals surface area contributed by atoms with Gasteiger partial charge in [0.05, 0.1) is 5.41 Å². The van der Waals surface area contributed by atoms with E-state index in [4.69, 9.17) is 0 Å². The van der Waals surface area contributed by atoms with Crippen LogP contribution in [-0.2, 0) is 16.1 Å². The molecule has 0 unspecified atom stereocenters. The second kappa shape index (κ2) is 11.3. The zero-order chi connectivity index (χ0) is 26.0. The second-order valence-corrected chi connectivity index (χ2v) is 12.8. The first kappa shape index (κ1) is 26.4. The zero-order valence-electron chi connectivity index (χ0n) is 22.2. The molecule has 2 aromatic rings. The van der Waals surface area contributed by atoms with E-state index in [0.717, 1.165) is 63.0 Å². The van der Waals surface area contributed by atoms with Gasteiger partial charge in [0.25, 0.3) is 0 Å². The fourth-order valence-electron chi connectivity index (χ4n) is 6.63. The van der Waals surface area contributed by atoms with Gasteiger partial charge in [0.1, 0.15) is 0 Å². The minimum Gasteiger partial charge on any atom is -0.342 e. The Bertz CT molecular complexity index is 1080. The van der Waals surface area contributed by atoms with Crippen molar-refractivity contribution in [2.75, 3.05) is 39.3 Å². The summed E-state index contributed by atoms with van der Waals surface area (Å²) in [6.45, 7) is 10.4. The molecule has 2 amide bonds. The predicted molar refractivity (Wildman–Crippen MR) is 151 cm³/mol. The number of carbonyl (C=O) groups excluding carboxylic acids is 2. The van der Waals surface area contributed by atoms with Crippen molar-refractivity contribution in [1.82, 2.24) is 14.7 Å². The minimum absolute atomic E-state index is 0.181. The number of piperidine rings is 1. The fraction of sp³-hybridized carbons (Fsp3) is 0.548. The second-order valence-electron chi connectivity index (χ2n) is 11.9. The van der Waals surface area contributed by atoms with Crippen LogP contribution in [0.5, 0.6) is 0 Å². The quantitative estimate of drug-likeness (QED) is 0.442. The Labute approximate surface area is 230 Å². The maximum atomic E-state index is 13.5. The third-order valence-electron chi connectivity index (χ3n) is 8.80. The van der Waals surface area contributed by atoms with Gasteiger partial charge in [-0.25, -0.2) is 0 Å². The Hall–Kier alpha value is -2.18. The number of hydrogen-bond donors (Lipinski definition) is 0. The van der Waals surface area contributed by atoms with E-state index in [2.05, 4.69) is 86.9 Å². The maximum Gasteiger partial charge on any atom is 0.229 e. The van der Waals surface area contributed by atoms with Crippen molar-refractivity contribution in [3.05, 3.63) is 70.2 Å². The Morgan fingerprint density at radius 3 is 2.32 bits per heavy atom. The van der Waals surface area contributed by atoms with Crippen LogP contribution < -0.4 is 0 Å². The van der Waals surface area contributed by atoms with Gasteiger partial charge in [-0.15, -0.1) is 0 Å². The number of carbonyl (C=O) groups is 2. The maximum absolute atomic E-state index is 13.5. The van der Waals surface area contributed by atoms with Crippen LogP contribution in [0.1, 0.15) is 56.6 Å². The van der Waals surface area contributed by atoms with Crippen molar-refractivity contribution < 1.29 is 9.59 Å². The van der Waals surface area contributed by atoms with Gasteiger partial charge in [0.15, 0.2) is 0 Å². The standard InChI is InChI=1S/C31H40BrN3O2/c1-23(2)18-29(36)35-21-26(28(22-35)25-6-4-3-5-7-25)20-33-15-12-31(13-16-33)14-17-34(30(31)37)19-24-8-10-27(32)11-9-24/h3-11,23,26,28H,12-22H2,1-2H3/t26-,28+/m0/s1. The van der Waals surface area contributed by atoms with Crippen molar-refractivity contribution in [2.24, 2.45) is 17.3 Å². The molecule has 0 aromatic heterocycles. The molecule has 3 fully saturated rings. The van der Waals surface area contributed by atoms with Crippen molar-refractivity contribution in [1.29, 1.82) is 0 Å². The van der Waals surface area contributed by atoms with Crippen LogP contribution in [0.3, 0.4) is 0 Å². The van der Waals surface area contributed by atoms with Gasteiger partial charge in [-0.05, 0) is 67.4 Å². The first-order valence-corrected chi connectivity index (χ1v) is 14.7. The van der Waals surface area contributed by atoms with Gasteiger partial charge in [-0.2, -0.15) is 0 Å². The van der Waals surface area contributed by atoms with Crippen molar-refractivity contribution >= 4 is 27.7 Å². The van der Waals surface area contributed by atoms with Gasteiger partial charge in [0.2, 0.25) is 11.8 Å².